The van der Waals surface area contributed by atoms with E-state index in [4.69, 9.17) is 11.6 Å². The quantitative estimate of drug-likeness (QED) is 0.890. The van der Waals surface area contributed by atoms with Gasteiger partial charge in [-0.15, -0.1) is 0 Å². The van der Waals surface area contributed by atoms with Gasteiger partial charge in [0.05, 0.1) is 0 Å². The van der Waals surface area contributed by atoms with Crippen molar-refractivity contribution in [1.82, 2.24) is 10.2 Å². The first-order valence-electron chi connectivity index (χ1n) is 6.65. The van der Waals surface area contributed by atoms with Crippen LogP contribution in [0.1, 0.15) is 23.6 Å². The Hall–Kier alpha value is -0.680. The van der Waals surface area contributed by atoms with Gasteiger partial charge in [-0.2, -0.15) is 0 Å². The van der Waals surface area contributed by atoms with Crippen molar-refractivity contribution in [2.75, 3.05) is 32.8 Å². The van der Waals surface area contributed by atoms with Crippen LogP contribution in [0.15, 0.2) is 12.1 Å². The minimum atomic E-state index is -0.246. The summed E-state index contributed by atoms with van der Waals surface area (Å²) in [7, 11) is 0. The first-order chi connectivity index (χ1) is 9.15. The molecule has 0 amide bonds. The number of hydrogen-bond donors (Lipinski definition) is 2. The van der Waals surface area contributed by atoms with E-state index in [1.54, 1.807) is 19.1 Å². The van der Waals surface area contributed by atoms with Gasteiger partial charge in [0.2, 0.25) is 0 Å². The Morgan fingerprint density at radius 2 is 2.11 bits per heavy atom. The van der Waals surface area contributed by atoms with E-state index < -0.39 is 0 Å². The van der Waals surface area contributed by atoms with Crippen molar-refractivity contribution in [1.29, 1.82) is 0 Å². The van der Waals surface area contributed by atoms with Crippen LogP contribution >= 0.6 is 11.6 Å². The average Bonchev–Trinajstić information content (AvgIpc) is 2.43. The van der Waals surface area contributed by atoms with Crippen LogP contribution in [-0.2, 0) is 0 Å². The van der Waals surface area contributed by atoms with Crippen LogP contribution < -0.4 is 5.32 Å². The van der Waals surface area contributed by atoms with Crippen LogP contribution in [0.4, 0.5) is 4.39 Å². The Kier molecular flexibility index (Phi) is 5.16. The highest BCUT2D eigenvalue weighted by molar-refractivity contribution is 6.31. The number of piperazine rings is 1. The Balaban J connectivity index is 2.35. The van der Waals surface area contributed by atoms with Gasteiger partial charge in [0.25, 0.3) is 0 Å². The predicted molar refractivity (Wildman–Crippen MR) is 75.0 cm³/mol. The van der Waals surface area contributed by atoms with E-state index in [-0.39, 0.29) is 18.5 Å². The molecule has 1 aliphatic heterocycles. The minimum Gasteiger partial charge on any atom is -0.396 e. The lowest BCUT2D eigenvalue weighted by Gasteiger charge is -2.35. The molecule has 3 nitrogen and oxygen atoms in total. The molecule has 0 aliphatic carbocycles. The third-order valence-corrected chi connectivity index (χ3v) is 3.98. The Bertz CT molecular complexity index is 436. The average molecular weight is 287 g/mol. The minimum absolute atomic E-state index is 0.0261. The predicted octanol–water partition coefficient (Wildman–Crippen LogP) is 2.12. The maximum absolute atomic E-state index is 14.4. The summed E-state index contributed by atoms with van der Waals surface area (Å²) in [5, 5.41) is 13.0. The number of halogens is 2. The lowest BCUT2D eigenvalue weighted by atomic mass is 9.98. The highest BCUT2D eigenvalue weighted by Crippen LogP contribution is 2.33. The van der Waals surface area contributed by atoms with E-state index in [1.165, 1.54) is 0 Å². The molecule has 0 aromatic heterocycles. The number of rotatable bonds is 4. The zero-order chi connectivity index (χ0) is 13.8. The second-order valence-corrected chi connectivity index (χ2v) is 5.31. The molecule has 1 aliphatic rings. The molecule has 0 unspecified atom stereocenters. The van der Waals surface area contributed by atoms with Gasteiger partial charge in [0.15, 0.2) is 0 Å². The Labute approximate surface area is 118 Å². The van der Waals surface area contributed by atoms with Crippen molar-refractivity contribution in [2.45, 2.75) is 19.4 Å². The van der Waals surface area contributed by atoms with E-state index in [9.17, 15) is 9.50 Å². The largest absolute Gasteiger partial charge is 0.396 e. The molecule has 0 bridgehead atoms. The van der Waals surface area contributed by atoms with Gasteiger partial charge in [-0.3, -0.25) is 4.90 Å². The summed E-state index contributed by atoms with van der Waals surface area (Å²) < 4.78 is 14.4. The van der Waals surface area contributed by atoms with Gasteiger partial charge >= 0.3 is 0 Å². The van der Waals surface area contributed by atoms with Crippen molar-refractivity contribution < 1.29 is 9.50 Å². The fourth-order valence-corrected chi connectivity index (χ4v) is 2.88. The maximum atomic E-state index is 14.4. The molecule has 0 saturated carbocycles. The first kappa shape index (κ1) is 14.7. The van der Waals surface area contributed by atoms with Crippen LogP contribution in [0, 0.1) is 12.7 Å². The standard InChI is InChI=1S/C14H20ClFN2O/c1-10-2-3-11(15)13(14(10)16)12(4-9-19)18-7-5-17-6-8-18/h2-3,12,17,19H,4-9H2,1H3/t12-/m0/s1. The topological polar surface area (TPSA) is 35.5 Å². The molecule has 1 saturated heterocycles. The number of aliphatic hydroxyl groups is 1. The SMILES string of the molecule is Cc1ccc(Cl)c([C@H](CCO)N2CCNCC2)c1F. The van der Waals surface area contributed by atoms with Gasteiger partial charge in [-0.25, -0.2) is 4.39 Å². The molecule has 2 N–H and O–H groups in total. The monoisotopic (exact) mass is 286 g/mol. The van der Waals surface area contributed by atoms with Crippen molar-refractivity contribution in [3.8, 4) is 0 Å². The summed E-state index contributed by atoms with van der Waals surface area (Å²) >= 11 is 6.19. The molecule has 0 radical (unpaired) electrons. The summed E-state index contributed by atoms with van der Waals surface area (Å²) in [5.74, 6) is -0.246. The van der Waals surface area contributed by atoms with Crippen LogP contribution in [-0.4, -0.2) is 42.8 Å². The van der Waals surface area contributed by atoms with E-state index in [2.05, 4.69) is 10.2 Å². The zero-order valence-electron chi connectivity index (χ0n) is 11.1. The van der Waals surface area contributed by atoms with Gasteiger partial charge < -0.3 is 10.4 Å². The molecule has 5 heteroatoms. The number of aliphatic hydroxyl groups excluding tert-OH is 1. The zero-order valence-corrected chi connectivity index (χ0v) is 11.9. The number of benzene rings is 1. The van der Waals surface area contributed by atoms with E-state index in [0.717, 1.165) is 26.2 Å². The van der Waals surface area contributed by atoms with Gasteiger partial charge in [0, 0.05) is 49.4 Å². The fraction of sp³-hybridized carbons (Fsp3) is 0.571. The molecule has 1 fully saturated rings. The summed E-state index contributed by atoms with van der Waals surface area (Å²) in [4.78, 5) is 2.19. The lowest BCUT2D eigenvalue weighted by molar-refractivity contribution is 0.138. The molecule has 0 spiro atoms. The molecule has 19 heavy (non-hydrogen) atoms. The van der Waals surface area contributed by atoms with Crippen molar-refractivity contribution in [3.05, 3.63) is 34.1 Å². The summed E-state index contributed by atoms with van der Waals surface area (Å²) in [5.41, 5.74) is 1.12. The molecular formula is C14H20ClFN2O. The van der Waals surface area contributed by atoms with Gasteiger partial charge in [-0.1, -0.05) is 17.7 Å². The molecule has 2 rings (SSSR count). The Morgan fingerprint density at radius 1 is 1.42 bits per heavy atom. The van der Waals surface area contributed by atoms with Crippen molar-refractivity contribution >= 4 is 11.6 Å². The number of aryl methyl sites for hydroxylation is 1. The molecule has 1 atom stereocenters. The number of nitrogens with one attached hydrogen (secondary N) is 1. The molecule has 1 aromatic carbocycles. The second-order valence-electron chi connectivity index (χ2n) is 4.91. The van der Waals surface area contributed by atoms with E-state index in [1.807, 2.05) is 0 Å². The van der Waals surface area contributed by atoms with Crippen LogP contribution in [0.25, 0.3) is 0 Å². The summed E-state index contributed by atoms with van der Waals surface area (Å²) in [6.45, 7) is 5.21. The normalized spacial score (nSPS) is 18.5. The molecule has 1 heterocycles. The smallest absolute Gasteiger partial charge is 0.132 e. The van der Waals surface area contributed by atoms with E-state index in [0.29, 0.717) is 22.6 Å². The fourth-order valence-electron chi connectivity index (χ4n) is 2.61. The number of hydrogen-bond acceptors (Lipinski definition) is 3. The second kappa shape index (κ2) is 6.66. The van der Waals surface area contributed by atoms with Crippen LogP contribution in [0.5, 0.6) is 0 Å². The maximum Gasteiger partial charge on any atom is 0.132 e. The third kappa shape index (κ3) is 3.26. The van der Waals surface area contributed by atoms with Crippen molar-refractivity contribution in [3.63, 3.8) is 0 Å². The highest BCUT2D eigenvalue weighted by atomic mass is 35.5. The summed E-state index contributed by atoms with van der Waals surface area (Å²) in [6, 6.07) is 3.27. The summed E-state index contributed by atoms with van der Waals surface area (Å²) in [6.07, 6.45) is 0.500. The molecule has 106 valence electrons. The van der Waals surface area contributed by atoms with Crippen LogP contribution in [0.3, 0.4) is 0 Å². The first-order valence-corrected chi connectivity index (χ1v) is 7.03. The third-order valence-electron chi connectivity index (χ3n) is 3.65. The van der Waals surface area contributed by atoms with Gasteiger partial charge in [-0.05, 0) is 25.0 Å². The molecule has 1 aromatic rings. The van der Waals surface area contributed by atoms with Crippen LogP contribution in [0.2, 0.25) is 5.02 Å². The van der Waals surface area contributed by atoms with Gasteiger partial charge in [0.1, 0.15) is 5.82 Å². The number of nitrogens with zero attached hydrogens (tertiary/aromatic N) is 1. The lowest BCUT2D eigenvalue weighted by Crippen LogP contribution is -2.45. The Morgan fingerprint density at radius 3 is 2.74 bits per heavy atom. The van der Waals surface area contributed by atoms with E-state index >= 15 is 0 Å². The molecular weight excluding hydrogens is 267 g/mol. The van der Waals surface area contributed by atoms with Crippen molar-refractivity contribution in [2.24, 2.45) is 0 Å². The highest BCUT2D eigenvalue weighted by Gasteiger charge is 2.26.